The molecule has 2 aromatic carbocycles. The molecule has 0 fully saturated rings. The number of halogens is 2. The van der Waals surface area contributed by atoms with Crippen LogP contribution in [0.15, 0.2) is 80.0 Å². The second-order valence-corrected chi connectivity index (χ2v) is 8.50. The minimum absolute atomic E-state index is 0.0674. The highest BCUT2D eigenvalue weighted by Crippen LogP contribution is 2.33. The normalized spacial score (nSPS) is 11.3. The molecule has 0 atom stereocenters. The van der Waals surface area contributed by atoms with E-state index in [2.05, 4.69) is 32.8 Å². The van der Waals surface area contributed by atoms with E-state index in [1.54, 1.807) is 18.2 Å². The molecular weight excluding hydrogens is 440 g/mol. The molecule has 0 unspecified atom stereocenters. The Hall–Kier alpha value is -2.09. The predicted molar refractivity (Wildman–Crippen MR) is 105 cm³/mol. The smallest absolute Gasteiger partial charge is 0.234 e. The van der Waals surface area contributed by atoms with Gasteiger partial charge in [-0.2, -0.15) is 4.98 Å². The molecular formula is C18H14BrClN2O3S. The van der Waals surface area contributed by atoms with Crippen LogP contribution in [0.25, 0.3) is 11.5 Å². The van der Waals surface area contributed by atoms with Crippen LogP contribution in [0, 0.1) is 0 Å². The molecule has 134 valence electrons. The van der Waals surface area contributed by atoms with Gasteiger partial charge >= 0.3 is 0 Å². The largest absolute Gasteiger partial charge is 0.419 e. The van der Waals surface area contributed by atoms with Gasteiger partial charge in [-0.3, -0.25) is 0 Å². The third-order valence-corrected chi connectivity index (χ3v) is 5.93. The summed E-state index contributed by atoms with van der Waals surface area (Å²) >= 11 is 9.21. The lowest BCUT2D eigenvalue weighted by Crippen LogP contribution is -2.07. The lowest BCUT2D eigenvalue weighted by molar-refractivity contribution is 0.579. The zero-order chi connectivity index (χ0) is 18.7. The molecule has 3 rings (SSSR count). The average molecular weight is 454 g/mol. The van der Waals surface area contributed by atoms with Crippen molar-refractivity contribution in [3.05, 3.63) is 70.7 Å². The summed E-state index contributed by atoms with van der Waals surface area (Å²) in [6, 6.07) is 13.1. The summed E-state index contributed by atoms with van der Waals surface area (Å²) in [6.45, 7) is 3.95. The number of benzene rings is 2. The van der Waals surface area contributed by atoms with Crippen molar-refractivity contribution in [1.29, 1.82) is 0 Å². The van der Waals surface area contributed by atoms with E-state index < -0.39 is 9.84 Å². The van der Waals surface area contributed by atoms with Crippen LogP contribution in [-0.4, -0.2) is 19.9 Å². The molecule has 26 heavy (non-hydrogen) atoms. The van der Waals surface area contributed by atoms with E-state index in [4.69, 9.17) is 16.0 Å². The maximum atomic E-state index is 13.0. The van der Waals surface area contributed by atoms with Crippen molar-refractivity contribution < 1.29 is 12.8 Å². The zero-order valence-corrected chi connectivity index (χ0v) is 16.6. The van der Waals surface area contributed by atoms with Crippen molar-refractivity contribution in [2.75, 3.05) is 11.9 Å². The lowest BCUT2D eigenvalue weighted by Gasteiger charge is -2.04. The molecule has 0 saturated heterocycles. The molecule has 1 heterocycles. The minimum atomic E-state index is -3.88. The first-order valence-corrected chi connectivity index (χ1v) is 10.2. The number of hydrogen-bond acceptors (Lipinski definition) is 5. The Morgan fingerprint density at radius 3 is 2.42 bits per heavy atom. The van der Waals surface area contributed by atoms with Crippen molar-refractivity contribution in [1.82, 2.24) is 4.98 Å². The van der Waals surface area contributed by atoms with Gasteiger partial charge in [-0.1, -0.05) is 33.6 Å². The predicted octanol–water partition coefficient (Wildman–Crippen LogP) is 5.19. The second kappa shape index (κ2) is 7.65. The second-order valence-electron chi connectivity index (χ2n) is 5.29. The van der Waals surface area contributed by atoms with Gasteiger partial charge in [0.2, 0.25) is 26.6 Å². The highest BCUT2D eigenvalue weighted by Gasteiger charge is 2.28. The van der Waals surface area contributed by atoms with Gasteiger partial charge in [0, 0.05) is 21.6 Å². The highest BCUT2D eigenvalue weighted by atomic mass is 79.9. The minimum Gasteiger partial charge on any atom is -0.419 e. The van der Waals surface area contributed by atoms with Gasteiger partial charge in [-0.05, 0) is 48.5 Å². The molecule has 0 aliphatic rings. The quantitative estimate of drug-likeness (QED) is 0.520. The Labute approximate surface area is 164 Å². The molecule has 0 amide bonds. The fourth-order valence-corrected chi connectivity index (χ4v) is 3.88. The molecule has 0 aliphatic heterocycles. The topological polar surface area (TPSA) is 72.2 Å². The van der Waals surface area contributed by atoms with Crippen molar-refractivity contribution in [3.63, 3.8) is 0 Å². The molecule has 3 aromatic rings. The highest BCUT2D eigenvalue weighted by molar-refractivity contribution is 9.10. The van der Waals surface area contributed by atoms with E-state index in [1.165, 1.54) is 24.3 Å². The Morgan fingerprint density at radius 2 is 1.81 bits per heavy atom. The molecule has 0 bridgehead atoms. The van der Waals surface area contributed by atoms with E-state index in [0.717, 1.165) is 4.47 Å². The van der Waals surface area contributed by atoms with E-state index >= 15 is 0 Å². The third kappa shape index (κ3) is 3.85. The maximum Gasteiger partial charge on any atom is 0.234 e. The van der Waals surface area contributed by atoms with Gasteiger partial charge in [-0.25, -0.2) is 8.42 Å². The van der Waals surface area contributed by atoms with Crippen molar-refractivity contribution in [2.45, 2.75) is 9.92 Å². The van der Waals surface area contributed by atoms with Gasteiger partial charge in [0.15, 0.2) is 0 Å². The molecule has 1 aromatic heterocycles. The first-order chi connectivity index (χ1) is 12.4. The van der Waals surface area contributed by atoms with Gasteiger partial charge in [0.1, 0.15) is 0 Å². The van der Waals surface area contributed by atoms with E-state index in [1.807, 2.05) is 12.1 Å². The van der Waals surface area contributed by atoms with Crippen LogP contribution in [0.5, 0.6) is 0 Å². The molecule has 0 spiro atoms. The molecule has 0 aliphatic carbocycles. The zero-order valence-electron chi connectivity index (χ0n) is 13.4. The number of oxazole rings is 1. The summed E-state index contributed by atoms with van der Waals surface area (Å²) in [5, 5.41) is 3.16. The average Bonchev–Trinajstić information content (AvgIpc) is 3.06. The summed E-state index contributed by atoms with van der Waals surface area (Å²) in [4.78, 5) is 4.32. The summed E-state index contributed by atoms with van der Waals surface area (Å²) in [5.41, 5.74) is 0.660. The van der Waals surface area contributed by atoms with Crippen molar-refractivity contribution >= 4 is 43.3 Å². The summed E-state index contributed by atoms with van der Waals surface area (Å²) in [7, 11) is -3.88. The van der Waals surface area contributed by atoms with E-state index in [-0.39, 0.29) is 21.7 Å². The summed E-state index contributed by atoms with van der Waals surface area (Å²) in [5.74, 6) is 0.273. The number of hydrogen-bond donors (Lipinski definition) is 1. The number of sulfone groups is 1. The van der Waals surface area contributed by atoms with Crippen LogP contribution < -0.4 is 5.32 Å². The monoisotopic (exact) mass is 452 g/mol. The number of nitrogens with zero attached hydrogens (tertiary/aromatic N) is 1. The molecule has 0 saturated carbocycles. The number of rotatable bonds is 6. The Balaban J connectivity index is 2.10. The standard InChI is InChI=1S/C18H14BrClN2O3S/c1-2-11-21-17-18(26(23,24)15-9-7-14(20)8-10-15)22-16(25-17)12-3-5-13(19)6-4-12/h2-10,21H,1,11H2. The molecule has 5 nitrogen and oxygen atoms in total. The molecule has 0 radical (unpaired) electrons. The van der Waals surface area contributed by atoms with E-state index in [0.29, 0.717) is 17.1 Å². The van der Waals surface area contributed by atoms with Gasteiger partial charge in [0.25, 0.3) is 0 Å². The lowest BCUT2D eigenvalue weighted by atomic mass is 10.2. The van der Waals surface area contributed by atoms with Crippen LogP contribution in [0.4, 0.5) is 5.88 Å². The Kier molecular flexibility index (Phi) is 5.50. The molecule has 8 heteroatoms. The van der Waals surface area contributed by atoms with Gasteiger partial charge in [-0.15, -0.1) is 6.58 Å². The fraction of sp³-hybridized carbons (Fsp3) is 0.0556. The van der Waals surface area contributed by atoms with Gasteiger partial charge in [0.05, 0.1) is 4.90 Å². The fourth-order valence-electron chi connectivity index (χ4n) is 2.21. The van der Waals surface area contributed by atoms with Crippen LogP contribution >= 0.6 is 27.5 Å². The van der Waals surface area contributed by atoms with Gasteiger partial charge < -0.3 is 9.73 Å². The van der Waals surface area contributed by atoms with E-state index in [9.17, 15) is 8.42 Å². The number of anilines is 1. The van der Waals surface area contributed by atoms with Crippen LogP contribution in [0.3, 0.4) is 0 Å². The number of aromatic nitrogens is 1. The van der Waals surface area contributed by atoms with Crippen LogP contribution in [-0.2, 0) is 9.84 Å². The third-order valence-electron chi connectivity index (χ3n) is 3.47. The summed E-state index contributed by atoms with van der Waals surface area (Å²) < 4.78 is 32.6. The van der Waals surface area contributed by atoms with Crippen LogP contribution in [0.2, 0.25) is 5.02 Å². The molecule has 1 N–H and O–H groups in total. The first kappa shape index (κ1) is 18.7. The number of nitrogens with one attached hydrogen (secondary N) is 1. The maximum absolute atomic E-state index is 13.0. The van der Waals surface area contributed by atoms with Crippen molar-refractivity contribution in [2.24, 2.45) is 0 Å². The van der Waals surface area contributed by atoms with Crippen LogP contribution in [0.1, 0.15) is 0 Å². The van der Waals surface area contributed by atoms with Crippen molar-refractivity contribution in [3.8, 4) is 11.5 Å². The first-order valence-electron chi connectivity index (χ1n) is 7.54. The summed E-state index contributed by atoms with van der Waals surface area (Å²) in [6.07, 6.45) is 1.60. The Morgan fingerprint density at radius 1 is 1.15 bits per heavy atom. The SMILES string of the molecule is C=CCNc1oc(-c2ccc(Br)cc2)nc1S(=O)(=O)c1ccc(Cl)cc1. The Bertz CT molecular complexity index is 1030.